The number of aromatic nitrogens is 3. The number of rotatable bonds is 3. The van der Waals surface area contributed by atoms with E-state index in [2.05, 4.69) is 15.0 Å². The molecule has 0 saturated carbocycles. The van der Waals surface area contributed by atoms with E-state index < -0.39 is 3.79 Å². The quantitative estimate of drug-likeness (QED) is 0.801. The molecule has 0 saturated heterocycles. The van der Waals surface area contributed by atoms with E-state index in [4.69, 9.17) is 39.5 Å². The summed E-state index contributed by atoms with van der Waals surface area (Å²) in [5.74, 6) is 1.30. The number of halogens is 3. The van der Waals surface area contributed by atoms with Gasteiger partial charge in [0.1, 0.15) is 12.1 Å². The molecule has 0 aliphatic carbocycles. The van der Waals surface area contributed by atoms with Crippen LogP contribution in [0, 0.1) is 0 Å². The minimum Gasteiger partial charge on any atom is -0.497 e. The lowest BCUT2D eigenvalue weighted by Crippen LogP contribution is -2.08. The van der Waals surface area contributed by atoms with Crippen LogP contribution < -0.4 is 4.74 Å². The van der Waals surface area contributed by atoms with Crippen LogP contribution in [0.3, 0.4) is 0 Å². The van der Waals surface area contributed by atoms with Gasteiger partial charge in [0.15, 0.2) is 11.6 Å². The first-order chi connectivity index (χ1) is 9.49. The first kappa shape index (κ1) is 15.0. The number of methoxy groups -OCH3 is 1. The van der Waals surface area contributed by atoms with Crippen LogP contribution in [0.4, 0.5) is 0 Å². The van der Waals surface area contributed by atoms with Crippen LogP contribution in [0.5, 0.6) is 5.75 Å². The maximum absolute atomic E-state index is 5.72. The Labute approximate surface area is 131 Å². The van der Waals surface area contributed by atoms with Gasteiger partial charge in [0.05, 0.1) is 7.11 Å². The van der Waals surface area contributed by atoms with Crippen LogP contribution in [-0.4, -0.2) is 22.1 Å². The van der Waals surface area contributed by atoms with Gasteiger partial charge in [-0.1, -0.05) is 53.0 Å². The molecule has 2 aromatic rings. The van der Waals surface area contributed by atoms with Crippen LogP contribution >= 0.6 is 34.8 Å². The Morgan fingerprint density at radius 2 is 1.75 bits per heavy atom. The molecule has 0 amide bonds. The van der Waals surface area contributed by atoms with Crippen molar-refractivity contribution in [3.63, 3.8) is 0 Å². The van der Waals surface area contributed by atoms with E-state index in [0.717, 1.165) is 11.3 Å². The first-order valence-electron chi connectivity index (χ1n) is 5.57. The van der Waals surface area contributed by atoms with Crippen LogP contribution in [-0.2, 0) is 3.79 Å². The second kappa shape index (κ2) is 6.39. The van der Waals surface area contributed by atoms with Gasteiger partial charge >= 0.3 is 0 Å². The Balaban J connectivity index is 2.18. The van der Waals surface area contributed by atoms with Gasteiger partial charge in [-0.05, 0) is 23.8 Å². The molecule has 0 unspecified atom stereocenters. The molecule has 2 rings (SSSR count). The van der Waals surface area contributed by atoms with Crippen LogP contribution in [0.25, 0.3) is 12.2 Å². The maximum atomic E-state index is 5.72. The third-order valence-corrected chi connectivity index (χ3v) is 2.89. The highest BCUT2D eigenvalue weighted by Gasteiger charge is 2.26. The van der Waals surface area contributed by atoms with Crippen molar-refractivity contribution in [1.29, 1.82) is 0 Å². The molecule has 0 fully saturated rings. The molecule has 0 N–H and O–H groups in total. The number of hydrogen-bond donors (Lipinski definition) is 0. The van der Waals surface area contributed by atoms with E-state index in [0.29, 0.717) is 5.82 Å². The molecule has 0 bridgehead atoms. The van der Waals surface area contributed by atoms with Crippen molar-refractivity contribution >= 4 is 47.0 Å². The van der Waals surface area contributed by atoms with Crippen molar-refractivity contribution in [2.45, 2.75) is 3.79 Å². The number of benzene rings is 1. The van der Waals surface area contributed by atoms with E-state index in [-0.39, 0.29) is 5.82 Å². The molecular formula is C13H10Cl3N3O. The zero-order valence-corrected chi connectivity index (χ0v) is 12.7. The largest absolute Gasteiger partial charge is 0.497 e. The highest BCUT2D eigenvalue weighted by Crippen LogP contribution is 2.35. The van der Waals surface area contributed by atoms with Gasteiger partial charge in [0.2, 0.25) is 3.79 Å². The standard InChI is InChI=1S/C13H10Cl3N3O/c1-20-10-5-2-9(3-6-10)4-7-11-17-8-18-12(19-11)13(14,15)16/h2-8H,1H3. The van der Waals surface area contributed by atoms with E-state index in [1.165, 1.54) is 6.33 Å². The number of hydrogen-bond acceptors (Lipinski definition) is 4. The molecule has 7 heteroatoms. The summed E-state index contributed by atoms with van der Waals surface area (Å²) < 4.78 is 3.42. The predicted molar refractivity (Wildman–Crippen MR) is 81.0 cm³/mol. The predicted octanol–water partition coefficient (Wildman–Crippen LogP) is 3.88. The minimum absolute atomic E-state index is 0.0897. The van der Waals surface area contributed by atoms with E-state index in [1.54, 1.807) is 13.2 Å². The summed E-state index contributed by atoms with van der Waals surface area (Å²) in [7, 11) is 1.62. The van der Waals surface area contributed by atoms with E-state index in [1.807, 2.05) is 30.3 Å². The molecule has 0 spiro atoms. The lowest BCUT2D eigenvalue weighted by atomic mass is 10.2. The molecule has 1 heterocycles. The first-order valence-corrected chi connectivity index (χ1v) is 6.71. The third-order valence-electron chi connectivity index (χ3n) is 2.38. The summed E-state index contributed by atoms with van der Waals surface area (Å²) in [4.78, 5) is 11.9. The van der Waals surface area contributed by atoms with E-state index in [9.17, 15) is 0 Å². The van der Waals surface area contributed by atoms with Gasteiger partial charge in [0.25, 0.3) is 0 Å². The van der Waals surface area contributed by atoms with Crippen molar-refractivity contribution in [3.8, 4) is 5.75 Å². The zero-order chi connectivity index (χ0) is 14.6. The molecule has 20 heavy (non-hydrogen) atoms. The molecule has 4 nitrogen and oxygen atoms in total. The summed E-state index contributed by atoms with van der Waals surface area (Å²) in [6.07, 6.45) is 4.86. The summed E-state index contributed by atoms with van der Waals surface area (Å²) in [5, 5.41) is 0. The normalized spacial score (nSPS) is 11.8. The molecule has 104 valence electrons. The van der Waals surface area contributed by atoms with Crippen molar-refractivity contribution in [3.05, 3.63) is 47.8 Å². The fraction of sp³-hybridized carbons (Fsp3) is 0.154. The topological polar surface area (TPSA) is 47.9 Å². The minimum atomic E-state index is -1.66. The summed E-state index contributed by atoms with van der Waals surface area (Å²) in [6, 6.07) is 7.54. The molecule has 0 atom stereocenters. The second-order valence-corrected chi connectivity index (χ2v) is 6.05. The second-order valence-electron chi connectivity index (χ2n) is 3.77. The Morgan fingerprint density at radius 1 is 1.05 bits per heavy atom. The lowest BCUT2D eigenvalue weighted by Gasteiger charge is -2.07. The summed E-state index contributed by atoms with van der Waals surface area (Å²) in [5.41, 5.74) is 0.974. The highest BCUT2D eigenvalue weighted by atomic mass is 35.6. The van der Waals surface area contributed by atoms with Crippen LogP contribution in [0.15, 0.2) is 30.6 Å². The smallest absolute Gasteiger partial charge is 0.250 e. The Kier molecular flexibility index (Phi) is 4.81. The van der Waals surface area contributed by atoms with Crippen molar-refractivity contribution in [2.24, 2.45) is 0 Å². The van der Waals surface area contributed by atoms with Gasteiger partial charge < -0.3 is 4.74 Å². The average Bonchev–Trinajstić information content (AvgIpc) is 2.45. The molecular weight excluding hydrogens is 321 g/mol. The molecule has 0 radical (unpaired) electrons. The number of ether oxygens (including phenoxy) is 1. The Bertz CT molecular complexity index is 609. The van der Waals surface area contributed by atoms with Gasteiger partial charge in [-0.15, -0.1) is 0 Å². The lowest BCUT2D eigenvalue weighted by molar-refractivity contribution is 0.415. The third kappa shape index (κ3) is 4.07. The van der Waals surface area contributed by atoms with Crippen molar-refractivity contribution in [2.75, 3.05) is 7.11 Å². The van der Waals surface area contributed by atoms with E-state index >= 15 is 0 Å². The molecule has 1 aromatic carbocycles. The van der Waals surface area contributed by atoms with Crippen molar-refractivity contribution < 1.29 is 4.74 Å². The van der Waals surface area contributed by atoms with Crippen LogP contribution in [0.2, 0.25) is 0 Å². The number of alkyl halides is 3. The summed E-state index contributed by atoms with van der Waals surface area (Å²) in [6.45, 7) is 0. The van der Waals surface area contributed by atoms with Crippen molar-refractivity contribution in [1.82, 2.24) is 15.0 Å². The Morgan fingerprint density at radius 3 is 2.35 bits per heavy atom. The van der Waals surface area contributed by atoms with Crippen LogP contribution in [0.1, 0.15) is 17.2 Å². The molecule has 1 aromatic heterocycles. The fourth-order valence-electron chi connectivity index (χ4n) is 1.41. The SMILES string of the molecule is COc1ccc(C=Cc2ncnc(C(Cl)(Cl)Cl)n2)cc1. The highest BCUT2D eigenvalue weighted by molar-refractivity contribution is 6.66. The summed E-state index contributed by atoms with van der Waals surface area (Å²) >= 11 is 17.2. The van der Waals surface area contributed by atoms with Gasteiger partial charge in [-0.25, -0.2) is 15.0 Å². The van der Waals surface area contributed by atoms with Gasteiger partial charge in [0, 0.05) is 0 Å². The molecule has 0 aliphatic rings. The molecule has 0 aliphatic heterocycles. The fourth-order valence-corrected chi connectivity index (χ4v) is 1.68. The monoisotopic (exact) mass is 329 g/mol. The number of nitrogens with zero attached hydrogens (tertiary/aromatic N) is 3. The Hall–Kier alpha value is -1.36. The van der Waals surface area contributed by atoms with Gasteiger partial charge in [-0.3, -0.25) is 0 Å². The average molecular weight is 331 g/mol. The zero-order valence-electron chi connectivity index (χ0n) is 10.4. The maximum Gasteiger partial charge on any atom is 0.250 e. The van der Waals surface area contributed by atoms with Gasteiger partial charge in [-0.2, -0.15) is 0 Å².